The molecule has 0 aliphatic carbocycles. The van der Waals surface area contributed by atoms with Gasteiger partial charge >= 0.3 is 0 Å². The van der Waals surface area contributed by atoms with Crippen LogP contribution in [-0.4, -0.2) is 24.5 Å². The summed E-state index contributed by atoms with van der Waals surface area (Å²) >= 11 is 0. The van der Waals surface area contributed by atoms with Gasteiger partial charge in [-0.3, -0.25) is 4.98 Å². The first-order chi connectivity index (χ1) is 8.15. The largest absolute Gasteiger partial charge is 0.342 e. The van der Waals surface area contributed by atoms with Crippen LogP contribution in [-0.2, 0) is 9.47 Å². The van der Waals surface area contributed by atoms with Crippen LogP contribution >= 0.6 is 0 Å². The van der Waals surface area contributed by atoms with E-state index in [1.54, 1.807) is 0 Å². The van der Waals surface area contributed by atoms with E-state index in [2.05, 4.69) is 16.8 Å². The molecule has 0 radical (unpaired) electrons. The summed E-state index contributed by atoms with van der Waals surface area (Å²) in [4.78, 5) is 4.30. The number of aromatic nitrogens is 1. The minimum absolute atomic E-state index is 0.446. The predicted octanol–water partition coefficient (Wildman–Crippen LogP) is 2.45. The molecule has 17 heavy (non-hydrogen) atoms. The van der Waals surface area contributed by atoms with Gasteiger partial charge in [-0.05, 0) is 45.7 Å². The topological polar surface area (TPSA) is 31.4 Å². The van der Waals surface area contributed by atoms with Gasteiger partial charge in [-0.1, -0.05) is 5.92 Å². The molecule has 0 atom stereocenters. The number of aryl methyl sites for hydroxylation is 2. The molecule has 1 heterocycles. The summed E-state index contributed by atoms with van der Waals surface area (Å²) < 4.78 is 10.7. The molecule has 0 amide bonds. The minimum Gasteiger partial charge on any atom is -0.342 e. The van der Waals surface area contributed by atoms with Crippen LogP contribution < -0.4 is 0 Å². The Hall–Kier alpha value is -1.37. The third-order valence-corrected chi connectivity index (χ3v) is 2.05. The van der Waals surface area contributed by atoms with Gasteiger partial charge in [0.15, 0.2) is 0 Å². The first kappa shape index (κ1) is 13.7. The van der Waals surface area contributed by atoms with Gasteiger partial charge in [0, 0.05) is 30.2 Å². The predicted molar refractivity (Wildman–Crippen MR) is 67.6 cm³/mol. The zero-order valence-electron chi connectivity index (χ0n) is 10.9. The van der Waals surface area contributed by atoms with Gasteiger partial charge in [-0.25, -0.2) is 0 Å². The molecule has 0 aliphatic rings. The molecular formula is C14H19NO2. The van der Waals surface area contributed by atoms with Gasteiger partial charge in [0.05, 0.1) is 0 Å². The van der Waals surface area contributed by atoms with E-state index in [4.69, 9.17) is 9.47 Å². The molecular weight excluding hydrogens is 214 g/mol. The average molecular weight is 233 g/mol. The van der Waals surface area contributed by atoms with Crippen molar-refractivity contribution in [2.24, 2.45) is 0 Å². The fourth-order valence-electron chi connectivity index (χ4n) is 1.48. The molecule has 1 aromatic heterocycles. The van der Waals surface area contributed by atoms with E-state index in [-0.39, 0.29) is 0 Å². The van der Waals surface area contributed by atoms with Gasteiger partial charge in [0.2, 0.25) is 6.29 Å². The van der Waals surface area contributed by atoms with Crippen molar-refractivity contribution in [3.8, 4) is 11.8 Å². The maximum absolute atomic E-state index is 5.35. The van der Waals surface area contributed by atoms with Crippen LogP contribution in [0.4, 0.5) is 0 Å². The Morgan fingerprint density at radius 3 is 2.12 bits per heavy atom. The van der Waals surface area contributed by atoms with Crippen molar-refractivity contribution in [2.75, 3.05) is 13.2 Å². The third-order valence-electron chi connectivity index (χ3n) is 2.05. The van der Waals surface area contributed by atoms with Crippen LogP contribution in [0.1, 0.15) is 30.8 Å². The highest BCUT2D eigenvalue weighted by Crippen LogP contribution is 2.03. The Labute approximate surface area is 103 Å². The summed E-state index contributed by atoms with van der Waals surface area (Å²) in [5.41, 5.74) is 2.89. The maximum Gasteiger partial charge on any atom is 0.222 e. The molecule has 0 saturated heterocycles. The van der Waals surface area contributed by atoms with Crippen LogP contribution in [0.5, 0.6) is 0 Å². The quantitative estimate of drug-likeness (QED) is 0.591. The molecule has 0 saturated carbocycles. The summed E-state index contributed by atoms with van der Waals surface area (Å²) in [5.74, 6) is 6.03. The number of nitrogens with zero attached hydrogens (tertiary/aromatic N) is 1. The van der Waals surface area contributed by atoms with Gasteiger partial charge in [0.1, 0.15) is 0 Å². The number of ether oxygens (including phenoxy) is 2. The second-order valence-electron chi connectivity index (χ2n) is 3.65. The van der Waals surface area contributed by atoms with Crippen LogP contribution in [0.3, 0.4) is 0 Å². The van der Waals surface area contributed by atoms with E-state index in [1.807, 2.05) is 39.8 Å². The molecule has 1 rings (SSSR count). The lowest BCUT2D eigenvalue weighted by Crippen LogP contribution is -2.14. The number of rotatable bonds is 4. The van der Waals surface area contributed by atoms with Gasteiger partial charge in [-0.15, -0.1) is 0 Å². The summed E-state index contributed by atoms with van der Waals surface area (Å²) in [6.07, 6.45) is -0.446. The second-order valence-corrected chi connectivity index (χ2v) is 3.65. The highest BCUT2D eigenvalue weighted by Gasteiger charge is 2.02. The maximum atomic E-state index is 5.35. The van der Waals surface area contributed by atoms with Crippen LogP contribution in [0.25, 0.3) is 0 Å². The van der Waals surface area contributed by atoms with Crippen molar-refractivity contribution in [3.63, 3.8) is 0 Å². The van der Waals surface area contributed by atoms with Crippen LogP contribution in [0, 0.1) is 25.7 Å². The lowest BCUT2D eigenvalue weighted by Gasteiger charge is -2.09. The first-order valence-corrected chi connectivity index (χ1v) is 5.85. The summed E-state index contributed by atoms with van der Waals surface area (Å²) in [5, 5.41) is 0. The molecule has 0 fully saturated rings. The molecule has 3 nitrogen and oxygen atoms in total. The number of hydrogen-bond donors (Lipinski definition) is 0. The molecule has 0 spiro atoms. The zero-order chi connectivity index (χ0) is 12.7. The smallest absolute Gasteiger partial charge is 0.222 e. The fraction of sp³-hybridized carbons (Fsp3) is 0.500. The van der Waals surface area contributed by atoms with Crippen LogP contribution in [0.15, 0.2) is 12.1 Å². The van der Waals surface area contributed by atoms with Crippen molar-refractivity contribution in [1.29, 1.82) is 0 Å². The van der Waals surface area contributed by atoms with E-state index in [9.17, 15) is 0 Å². The Balaban J connectivity index is 2.80. The molecule has 92 valence electrons. The van der Waals surface area contributed by atoms with Crippen molar-refractivity contribution in [2.45, 2.75) is 34.0 Å². The summed E-state index contributed by atoms with van der Waals surface area (Å²) in [6, 6.07) is 3.91. The zero-order valence-corrected chi connectivity index (χ0v) is 10.9. The van der Waals surface area contributed by atoms with Crippen molar-refractivity contribution >= 4 is 0 Å². The van der Waals surface area contributed by atoms with Gasteiger partial charge in [0.25, 0.3) is 0 Å². The monoisotopic (exact) mass is 233 g/mol. The Morgan fingerprint density at radius 2 is 1.65 bits per heavy atom. The number of hydrogen-bond acceptors (Lipinski definition) is 3. The SMILES string of the molecule is CCOC(C#Cc1cc(C)nc(C)c1)OCC. The molecule has 3 heteroatoms. The highest BCUT2D eigenvalue weighted by atomic mass is 16.7. The van der Waals surface area contributed by atoms with E-state index < -0.39 is 6.29 Å². The van der Waals surface area contributed by atoms with E-state index in [1.165, 1.54) is 0 Å². The van der Waals surface area contributed by atoms with E-state index >= 15 is 0 Å². The van der Waals surface area contributed by atoms with Crippen molar-refractivity contribution in [1.82, 2.24) is 4.98 Å². The Kier molecular flexibility index (Phi) is 5.68. The minimum atomic E-state index is -0.446. The molecule has 0 aliphatic heterocycles. The number of pyridine rings is 1. The Morgan fingerprint density at radius 1 is 1.12 bits per heavy atom. The van der Waals surface area contributed by atoms with Crippen LogP contribution in [0.2, 0.25) is 0 Å². The summed E-state index contributed by atoms with van der Waals surface area (Å²) in [6.45, 7) is 8.95. The lowest BCUT2D eigenvalue weighted by molar-refractivity contribution is -0.0969. The second kappa shape index (κ2) is 7.05. The Bertz CT molecular complexity index is 392. The highest BCUT2D eigenvalue weighted by molar-refractivity contribution is 5.36. The lowest BCUT2D eigenvalue weighted by atomic mass is 10.2. The van der Waals surface area contributed by atoms with E-state index in [0.29, 0.717) is 13.2 Å². The molecule has 0 bridgehead atoms. The fourth-order valence-corrected chi connectivity index (χ4v) is 1.48. The molecule has 0 aromatic carbocycles. The molecule has 0 unspecified atom stereocenters. The van der Waals surface area contributed by atoms with Gasteiger partial charge < -0.3 is 9.47 Å². The van der Waals surface area contributed by atoms with E-state index in [0.717, 1.165) is 17.0 Å². The van der Waals surface area contributed by atoms with Crippen molar-refractivity contribution in [3.05, 3.63) is 29.1 Å². The normalized spacial score (nSPS) is 10.2. The summed E-state index contributed by atoms with van der Waals surface area (Å²) in [7, 11) is 0. The molecule has 1 aromatic rings. The van der Waals surface area contributed by atoms with Crippen molar-refractivity contribution < 1.29 is 9.47 Å². The molecule has 0 N–H and O–H groups in total. The standard InChI is InChI=1S/C14H19NO2/c1-5-16-14(17-6-2)8-7-13-9-11(3)15-12(4)10-13/h9-10,14H,5-6H2,1-4H3. The first-order valence-electron chi connectivity index (χ1n) is 5.85. The van der Waals surface area contributed by atoms with Gasteiger partial charge in [-0.2, -0.15) is 0 Å². The third kappa shape index (κ3) is 4.99. The average Bonchev–Trinajstić information content (AvgIpc) is 2.25.